The van der Waals surface area contributed by atoms with Gasteiger partial charge in [0.25, 0.3) is 0 Å². The molecule has 7 nitrogen and oxygen atoms in total. The van der Waals surface area contributed by atoms with E-state index in [0.717, 1.165) is 24.3 Å². The van der Waals surface area contributed by atoms with E-state index < -0.39 is 22.1 Å². The van der Waals surface area contributed by atoms with Gasteiger partial charge in [0.1, 0.15) is 5.75 Å². The Morgan fingerprint density at radius 2 is 1.80 bits per heavy atom. The van der Waals surface area contributed by atoms with Crippen LogP contribution in [0.2, 0.25) is 0 Å². The van der Waals surface area contributed by atoms with Gasteiger partial charge in [0, 0.05) is 33.1 Å². The Bertz CT molecular complexity index is 663. The maximum absolute atomic E-state index is 12.1. The van der Waals surface area contributed by atoms with Gasteiger partial charge in [-0.2, -0.15) is 0 Å². The van der Waals surface area contributed by atoms with Gasteiger partial charge in [-0.15, -0.1) is 13.2 Å². The van der Waals surface area contributed by atoms with Crippen LogP contribution in [-0.4, -0.2) is 59.3 Å². The van der Waals surface area contributed by atoms with Crippen molar-refractivity contribution in [1.82, 2.24) is 14.9 Å². The van der Waals surface area contributed by atoms with Crippen LogP contribution >= 0.6 is 0 Å². The van der Waals surface area contributed by atoms with Crippen LogP contribution < -0.4 is 14.8 Å². The number of ether oxygens (including phenoxy) is 1. The molecule has 0 aliphatic rings. The summed E-state index contributed by atoms with van der Waals surface area (Å²) < 4.78 is 66.2. The van der Waals surface area contributed by atoms with Crippen molar-refractivity contribution < 1.29 is 31.1 Å². The first-order chi connectivity index (χ1) is 11.5. The van der Waals surface area contributed by atoms with E-state index in [1.807, 2.05) is 0 Å². The highest BCUT2D eigenvalue weighted by Gasteiger charge is 2.31. The van der Waals surface area contributed by atoms with Crippen LogP contribution in [0.1, 0.15) is 6.42 Å². The predicted octanol–water partition coefficient (Wildman–Crippen LogP) is 0.931. The molecule has 1 aromatic rings. The Kier molecular flexibility index (Phi) is 7.64. The molecule has 11 heteroatoms. The highest BCUT2D eigenvalue weighted by molar-refractivity contribution is 7.89. The zero-order valence-electron chi connectivity index (χ0n) is 13.8. The molecule has 0 aromatic heterocycles. The molecule has 0 saturated heterocycles. The molecule has 0 aliphatic carbocycles. The van der Waals surface area contributed by atoms with Gasteiger partial charge in [0.15, 0.2) is 0 Å². The van der Waals surface area contributed by atoms with Crippen molar-refractivity contribution in [1.29, 1.82) is 0 Å². The zero-order valence-corrected chi connectivity index (χ0v) is 14.6. The van der Waals surface area contributed by atoms with Crippen molar-refractivity contribution in [2.45, 2.75) is 17.7 Å². The molecule has 142 valence electrons. The van der Waals surface area contributed by atoms with Gasteiger partial charge in [-0.1, -0.05) is 0 Å². The fraction of sp³-hybridized carbons (Fsp3) is 0.500. The summed E-state index contributed by atoms with van der Waals surface area (Å²) in [4.78, 5) is 13.0. The Morgan fingerprint density at radius 3 is 2.32 bits per heavy atom. The number of benzene rings is 1. The van der Waals surface area contributed by atoms with Gasteiger partial charge in [0.2, 0.25) is 15.9 Å². The van der Waals surface area contributed by atoms with Crippen LogP contribution in [0, 0.1) is 0 Å². The number of halogens is 3. The van der Waals surface area contributed by atoms with Crippen molar-refractivity contribution >= 4 is 15.9 Å². The number of hydrogen-bond acceptors (Lipinski definition) is 5. The van der Waals surface area contributed by atoms with Gasteiger partial charge in [-0.05, 0) is 31.3 Å². The van der Waals surface area contributed by atoms with Gasteiger partial charge >= 0.3 is 6.36 Å². The minimum atomic E-state index is -4.85. The van der Waals surface area contributed by atoms with Gasteiger partial charge in [-0.3, -0.25) is 4.79 Å². The van der Waals surface area contributed by atoms with Crippen molar-refractivity contribution in [3.63, 3.8) is 0 Å². The molecule has 0 unspecified atom stereocenters. The topological polar surface area (TPSA) is 87.7 Å². The van der Waals surface area contributed by atoms with Crippen LogP contribution in [0.15, 0.2) is 29.2 Å². The lowest BCUT2D eigenvalue weighted by atomic mass is 10.3. The standard InChI is InChI=1S/C14H20F3N3O4S/c1-18-9-10-20(2)13(21)7-8-19-25(22,23)12-5-3-11(4-6-12)24-14(15,16)17/h3-6,18-19H,7-10H2,1-2H3. The fourth-order valence-corrected chi connectivity index (χ4v) is 2.82. The Labute approximate surface area is 144 Å². The maximum Gasteiger partial charge on any atom is 0.573 e. The summed E-state index contributed by atoms with van der Waals surface area (Å²) in [5.41, 5.74) is 0. The first-order valence-corrected chi connectivity index (χ1v) is 8.77. The van der Waals surface area contributed by atoms with Crippen LogP contribution in [0.25, 0.3) is 0 Å². The molecule has 1 aromatic carbocycles. The van der Waals surface area contributed by atoms with E-state index in [1.165, 1.54) is 4.90 Å². The molecule has 0 bridgehead atoms. The quantitative estimate of drug-likeness (QED) is 0.663. The minimum Gasteiger partial charge on any atom is -0.406 e. The lowest BCUT2D eigenvalue weighted by molar-refractivity contribution is -0.274. The smallest absolute Gasteiger partial charge is 0.406 e. The van der Waals surface area contributed by atoms with E-state index in [9.17, 15) is 26.4 Å². The van der Waals surface area contributed by atoms with Crippen molar-refractivity contribution in [3.8, 4) is 5.75 Å². The van der Waals surface area contributed by atoms with E-state index in [1.54, 1.807) is 14.1 Å². The third-order valence-electron chi connectivity index (χ3n) is 3.12. The molecule has 0 aliphatic heterocycles. The first-order valence-electron chi connectivity index (χ1n) is 7.29. The Morgan fingerprint density at radius 1 is 1.20 bits per heavy atom. The zero-order chi connectivity index (χ0) is 19.1. The molecule has 0 spiro atoms. The minimum absolute atomic E-state index is 0.0330. The van der Waals surface area contributed by atoms with Crippen LogP contribution in [-0.2, 0) is 14.8 Å². The summed E-state index contributed by atoms with van der Waals surface area (Å²) in [5, 5.41) is 2.89. The van der Waals surface area contributed by atoms with Gasteiger partial charge in [0.05, 0.1) is 4.90 Å². The third kappa shape index (κ3) is 7.71. The Hall–Kier alpha value is -1.85. The average Bonchev–Trinajstić information content (AvgIpc) is 2.51. The number of amides is 1. The number of alkyl halides is 3. The first kappa shape index (κ1) is 21.2. The lowest BCUT2D eigenvalue weighted by Gasteiger charge is -2.17. The van der Waals surface area contributed by atoms with Crippen molar-refractivity contribution in [3.05, 3.63) is 24.3 Å². The number of rotatable bonds is 9. The highest BCUT2D eigenvalue weighted by atomic mass is 32.2. The van der Waals surface area contributed by atoms with Crippen LogP contribution in [0.4, 0.5) is 13.2 Å². The number of likely N-dealkylation sites (N-methyl/N-ethyl adjacent to an activating group) is 2. The molecule has 0 heterocycles. The summed E-state index contributed by atoms with van der Waals surface area (Å²) >= 11 is 0. The SMILES string of the molecule is CNCCN(C)C(=O)CCNS(=O)(=O)c1ccc(OC(F)(F)F)cc1. The summed E-state index contributed by atoms with van der Waals surface area (Å²) in [6.07, 6.45) is -4.88. The van der Waals surface area contributed by atoms with Crippen molar-refractivity contribution in [2.24, 2.45) is 0 Å². The van der Waals surface area contributed by atoms with Gasteiger partial charge in [-0.25, -0.2) is 13.1 Å². The lowest BCUT2D eigenvalue weighted by Crippen LogP contribution is -2.35. The van der Waals surface area contributed by atoms with Crippen LogP contribution in [0.3, 0.4) is 0 Å². The molecule has 0 saturated carbocycles. The molecule has 0 atom stereocenters. The number of nitrogens with one attached hydrogen (secondary N) is 2. The second kappa shape index (κ2) is 9.02. The molecular weight excluding hydrogens is 363 g/mol. The predicted molar refractivity (Wildman–Crippen MR) is 84.5 cm³/mol. The van der Waals surface area contributed by atoms with E-state index in [-0.39, 0.29) is 23.8 Å². The number of nitrogens with zero attached hydrogens (tertiary/aromatic N) is 1. The number of sulfonamides is 1. The number of carbonyl (C=O) groups excluding carboxylic acids is 1. The van der Waals surface area contributed by atoms with E-state index >= 15 is 0 Å². The molecule has 0 radical (unpaired) electrons. The molecule has 25 heavy (non-hydrogen) atoms. The summed E-state index contributed by atoms with van der Waals surface area (Å²) in [6.45, 7) is 0.981. The fourth-order valence-electron chi connectivity index (χ4n) is 1.79. The second-order valence-corrected chi connectivity index (χ2v) is 6.85. The summed E-state index contributed by atoms with van der Waals surface area (Å²) in [5.74, 6) is -0.750. The van der Waals surface area contributed by atoms with E-state index in [4.69, 9.17) is 0 Å². The Balaban J connectivity index is 2.57. The monoisotopic (exact) mass is 383 g/mol. The number of carbonyl (C=O) groups is 1. The summed E-state index contributed by atoms with van der Waals surface area (Å²) in [6, 6.07) is 3.78. The third-order valence-corrected chi connectivity index (χ3v) is 4.60. The molecular formula is C14H20F3N3O4S. The molecule has 0 fully saturated rings. The second-order valence-electron chi connectivity index (χ2n) is 5.09. The number of hydrogen-bond donors (Lipinski definition) is 2. The van der Waals surface area contributed by atoms with E-state index in [2.05, 4.69) is 14.8 Å². The van der Waals surface area contributed by atoms with Gasteiger partial charge < -0.3 is 15.0 Å². The van der Waals surface area contributed by atoms with Crippen molar-refractivity contribution in [2.75, 3.05) is 33.7 Å². The normalized spacial score (nSPS) is 12.0. The average molecular weight is 383 g/mol. The summed E-state index contributed by atoms with van der Waals surface area (Å²) in [7, 11) is -0.577. The molecule has 2 N–H and O–H groups in total. The van der Waals surface area contributed by atoms with Crippen LogP contribution in [0.5, 0.6) is 5.75 Å². The maximum atomic E-state index is 12.1. The highest BCUT2D eigenvalue weighted by Crippen LogP contribution is 2.23. The van der Waals surface area contributed by atoms with E-state index in [0.29, 0.717) is 13.1 Å². The largest absolute Gasteiger partial charge is 0.573 e. The molecule has 1 rings (SSSR count). The molecule has 1 amide bonds.